The molecule has 0 radical (unpaired) electrons. The van der Waals surface area contributed by atoms with E-state index in [1.165, 1.54) is 18.2 Å². The lowest BCUT2D eigenvalue weighted by atomic mass is 10.1. The molecule has 0 aromatic heterocycles. The van der Waals surface area contributed by atoms with Crippen LogP contribution in [-0.4, -0.2) is 25.6 Å². The fourth-order valence-electron chi connectivity index (χ4n) is 1.64. The number of rotatable bonds is 6. The zero-order valence-electron chi connectivity index (χ0n) is 11.5. The lowest BCUT2D eigenvalue weighted by Crippen LogP contribution is -2.38. The van der Waals surface area contributed by atoms with Crippen LogP contribution < -0.4 is 10.6 Å². The second-order valence-corrected chi connectivity index (χ2v) is 4.14. The maximum atomic E-state index is 13.4. The molecule has 0 heterocycles. The average molecular weight is 269 g/mol. The van der Waals surface area contributed by atoms with Crippen molar-refractivity contribution in [3.05, 3.63) is 35.4 Å². The van der Waals surface area contributed by atoms with Gasteiger partial charge in [-0.2, -0.15) is 0 Å². The van der Waals surface area contributed by atoms with E-state index in [1.54, 1.807) is 0 Å². The first-order valence-corrected chi connectivity index (χ1v) is 6.64. The molecule has 19 heavy (non-hydrogen) atoms. The largest absolute Gasteiger partial charge is 0.357 e. The monoisotopic (exact) mass is 269 g/mol. The third-order valence-corrected chi connectivity index (χ3v) is 2.57. The van der Waals surface area contributed by atoms with Crippen LogP contribution in [0.1, 0.15) is 25.8 Å². The van der Waals surface area contributed by atoms with Crippen LogP contribution in [0.4, 0.5) is 8.78 Å². The lowest BCUT2D eigenvalue weighted by molar-refractivity contribution is 0.553. The van der Waals surface area contributed by atoms with Gasteiger partial charge in [-0.1, -0.05) is 13.0 Å². The fourth-order valence-corrected chi connectivity index (χ4v) is 1.64. The quantitative estimate of drug-likeness (QED) is 0.615. The summed E-state index contributed by atoms with van der Waals surface area (Å²) in [4.78, 5) is 4.31. The number of hydrogen-bond donors (Lipinski definition) is 2. The van der Waals surface area contributed by atoms with Gasteiger partial charge < -0.3 is 10.6 Å². The van der Waals surface area contributed by atoms with Gasteiger partial charge in [-0.05, 0) is 31.9 Å². The lowest BCUT2D eigenvalue weighted by Gasteiger charge is -2.11. The van der Waals surface area contributed by atoms with Crippen molar-refractivity contribution in [1.29, 1.82) is 0 Å². The highest BCUT2D eigenvalue weighted by Crippen LogP contribution is 2.11. The predicted octanol–water partition coefficient (Wildman–Crippen LogP) is 2.47. The molecule has 0 unspecified atom stereocenters. The molecule has 0 atom stereocenters. The molecule has 0 amide bonds. The number of aliphatic imine (C=N–C) groups is 1. The zero-order chi connectivity index (χ0) is 14.1. The summed E-state index contributed by atoms with van der Waals surface area (Å²) in [5, 5.41) is 6.15. The Morgan fingerprint density at radius 3 is 2.42 bits per heavy atom. The van der Waals surface area contributed by atoms with Gasteiger partial charge in [0.15, 0.2) is 5.96 Å². The first kappa shape index (κ1) is 15.4. The molecular weight excluding hydrogens is 248 g/mol. The van der Waals surface area contributed by atoms with E-state index >= 15 is 0 Å². The van der Waals surface area contributed by atoms with Gasteiger partial charge in [-0.15, -0.1) is 0 Å². The Morgan fingerprint density at radius 2 is 1.84 bits per heavy atom. The first-order valence-electron chi connectivity index (χ1n) is 6.64. The van der Waals surface area contributed by atoms with Gasteiger partial charge in [0.25, 0.3) is 0 Å². The van der Waals surface area contributed by atoms with Gasteiger partial charge in [0.05, 0.1) is 0 Å². The summed E-state index contributed by atoms with van der Waals surface area (Å²) in [6.45, 7) is 5.93. The number of hydrogen-bond acceptors (Lipinski definition) is 1. The van der Waals surface area contributed by atoms with E-state index in [2.05, 4.69) is 15.6 Å². The van der Waals surface area contributed by atoms with E-state index in [4.69, 9.17) is 0 Å². The highest BCUT2D eigenvalue weighted by molar-refractivity contribution is 5.79. The van der Waals surface area contributed by atoms with E-state index in [-0.39, 0.29) is 12.0 Å². The summed E-state index contributed by atoms with van der Waals surface area (Å²) in [7, 11) is 0. The standard InChI is InChI=1S/C14H21F2N3/c1-3-9-18-14(17-4-2)19-10-8-11-12(15)6-5-7-13(11)16/h5-7H,3-4,8-10H2,1-2H3,(H2,17,18,19). The highest BCUT2D eigenvalue weighted by atomic mass is 19.1. The van der Waals surface area contributed by atoms with Crippen molar-refractivity contribution in [3.8, 4) is 0 Å². The van der Waals surface area contributed by atoms with E-state index in [1.807, 2.05) is 13.8 Å². The van der Waals surface area contributed by atoms with Gasteiger partial charge in [0.1, 0.15) is 11.6 Å². The number of halogens is 2. The van der Waals surface area contributed by atoms with Crippen LogP contribution in [-0.2, 0) is 6.42 Å². The summed E-state index contributed by atoms with van der Waals surface area (Å²) in [6.07, 6.45) is 1.24. The summed E-state index contributed by atoms with van der Waals surface area (Å²) < 4.78 is 26.8. The van der Waals surface area contributed by atoms with Gasteiger partial charge in [0, 0.05) is 25.2 Å². The molecule has 3 nitrogen and oxygen atoms in total. The van der Waals surface area contributed by atoms with Crippen molar-refractivity contribution >= 4 is 5.96 Å². The predicted molar refractivity (Wildman–Crippen MR) is 74.3 cm³/mol. The van der Waals surface area contributed by atoms with Crippen LogP contribution >= 0.6 is 0 Å². The number of nitrogens with zero attached hydrogens (tertiary/aromatic N) is 1. The molecule has 0 saturated carbocycles. The summed E-state index contributed by atoms with van der Waals surface area (Å²) in [5.41, 5.74) is 0.112. The minimum Gasteiger partial charge on any atom is -0.357 e. The van der Waals surface area contributed by atoms with Crippen molar-refractivity contribution in [2.24, 2.45) is 4.99 Å². The highest BCUT2D eigenvalue weighted by Gasteiger charge is 2.07. The minimum absolute atomic E-state index is 0.112. The third-order valence-electron chi connectivity index (χ3n) is 2.57. The molecule has 0 saturated heterocycles. The molecule has 2 N–H and O–H groups in total. The number of benzene rings is 1. The fraction of sp³-hybridized carbons (Fsp3) is 0.500. The maximum absolute atomic E-state index is 13.4. The molecule has 0 aliphatic heterocycles. The molecule has 1 aromatic carbocycles. The van der Waals surface area contributed by atoms with Crippen molar-refractivity contribution in [3.63, 3.8) is 0 Å². The molecule has 0 fully saturated rings. The van der Waals surface area contributed by atoms with Crippen LogP contribution in [0.5, 0.6) is 0 Å². The Bertz CT molecular complexity index is 399. The number of nitrogens with one attached hydrogen (secondary N) is 2. The topological polar surface area (TPSA) is 36.4 Å². The van der Waals surface area contributed by atoms with E-state index < -0.39 is 11.6 Å². The summed E-state index contributed by atoms with van der Waals surface area (Å²) in [6, 6.07) is 3.91. The molecule has 1 aromatic rings. The Labute approximate surface area is 113 Å². The van der Waals surface area contributed by atoms with Crippen LogP contribution in [0.3, 0.4) is 0 Å². The maximum Gasteiger partial charge on any atom is 0.191 e. The van der Waals surface area contributed by atoms with Gasteiger partial charge >= 0.3 is 0 Å². The average Bonchev–Trinajstić information content (AvgIpc) is 2.39. The van der Waals surface area contributed by atoms with Crippen molar-refractivity contribution in [2.75, 3.05) is 19.6 Å². The SMILES string of the molecule is CCCN=C(NCC)NCCc1c(F)cccc1F. The van der Waals surface area contributed by atoms with Gasteiger partial charge in [0.2, 0.25) is 0 Å². The minimum atomic E-state index is -0.503. The van der Waals surface area contributed by atoms with E-state index in [0.717, 1.165) is 19.5 Å². The van der Waals surface area contributed by atoms with E-state index in [0.29, 0.717) is 12.5 Å². The molecule has 5 heteroatoms. The van der Waals surface area contributed by atoms with E-state index in [9.17, 15) is 8.78 Å². The molecule has 106 valence electrons. The van der Waals surface area contributed by atoms with Crippen LogP contribution in [0.15, 0.2) is 23.2 Å². The second-order valence-electron chi connectivity index (χ2n) is 4.14. The molecule has 0 bridgehead atoms. The smallest absolute Gasteiger partial charge is 0.191 e. The van der Waals surface area contributed by atoms with Gasteiger partial charge in [-0.3, -0.25) is 4.99 Å². The number of guanidine groups is 1. The summed E-state index contributed by atoms with van der Waals surface area (Å²) in [5.74, 6) is -0.323. The third kappa shape index (κ3) is 5.24. The second kappa shape index (κ2) is 8.45. The Balaban J connectivity index is 2.52. The first-order chi connectivity index (χ1) is 9.19. The summed E-state index contributed by atoms with van der Waals surface area (Å²) >= 11 is 0. The molecule has 0 aliphatic carbocycles. The Hall–Kier alpha value is -1.65. The van der Waals surface area contributed by atoms with Crippen molar-refractivity contribution in [2.45, 2.75) is 26.7 Å². The van der Waals surface area contributed by atoms with Crippen molar-refractivity contribution in [1.82, 2.24) is 10.6 Å². The molecule has 0 spiro atoms. The molecular formula is C14H21F2N3. The Morgan fingerprint density at radius 1 is 1.16 bits per heavy atom. The zero-order valence-corrected chi connectivity index (χ0v) is 11.5. The Kier molecular flexibility index (Phi) is 6.85. The molecule has 1 rings (SSSR count). The van der Waals surface area contributed by atoms with Crippen molar-refractivity contribution < 1.29 is 8.78 Å². The van der Waals surface area contributed by atoms with Crippen LogP contribution in [0.2, 0.25) is 0 Å². The van der Waals surface area contributed by atoms with Crippen LogP contribution in [0.25, 0.3) is 0 Å². The molecule has 0 aliphatic rings. The van der Waals surface area contributed by atoms with Gasteiger partial charge in [-0.25, -0.2) is 8.78 Å². The normalized spacial score (nSPS) is 11.5. The van der Waals surface area contributed by atoms with Crippen LogP contribution in [0, 0.1) is 11.6 Å².